The first-order valence-electron chi connectivity index (χ1n) is 6.63. The quantitative estimate of drug-likeness (QED) is 0.677. The Kier molecular flexibility index (Phi) is 4.75. The number of rotatable bonds is 2. The van der Waals surface area contributed by atoms with Gasteiger partial charge in [0, 0.05) is 11.6 Å². The fourth-order valence-electron chi connectivity index (χ4n) is 2.48. The summed E-state index contributed by atoms with van der Waals surface area (Å²) in [6.07, 6.45) is 4.81. The van der Waals surface area contributed by atoms with E-state index < -0.39 is 0 Å². The Morgan fingerprint density at radius 3 is 2.42 bits per heavy atom. The van der Waals surface area contributed by atoms with E-state index in [0.29, 0.717) is 21.4 Å². The van der Waals surface area contributed by atoms with Crippen molar-refractivity contribution in [3.63, 3.8) is 0 Å². The Balaban J connectivity index is 1.96. The molecule has 1 aromatic rings. The summed E-state index contributed by atoms with van der Waals surface area (Å²) in [5.41, 5.74) is 1.39. The molecule has 1 aromatic carbocycles. The van der Waals surface area contributed by atoms with Crippen LogP contribution < -0.4 is 5.32 Å². The highest BCUT2D eigenvalue weighted by molar-refractivity contribution is 7.80. The van der Waals surface area contributed by atoms with Gasteiger partial charge in [-0.25, -0.2) is 0 Å². The predicted octanol–water partition coefficient (Wildman–Crippen LogP) is 5.95. The molecule has 0 radical (unpaired) electrons. The molecule has 2 rings (SSSR count). The molecule has 0 heterocycles. The summed E-state index contributed by atoms with van der Waals surface area (Å²) in [6, 6.07) is 5.52. The molecular formula is C15H19Cl2NS. The second-order valence-electron chi connectivity index (χ2n) is 6.06. The highest BCUT2D eigenvalue weighted by atomic mass is 35.5. The molecule has 1 aliphatic rings. The Bertz CT molecular complexity index is 475. The van der Waals surface area contributed by atoms with Gasteiger partial charge in [0.2, 0.25) is 0 Å². The summed E-state index contributed by atoms with van der Waals surface area (Å²) in [6.45, 7) is 4.66. The standard InChI is InChI=1S/C15H19Cl2NS/c1-15(2)7-5-10(6-8-15)14(19)18-11-3-4-12(16)13(17)9-11/h3-4,9-10H,5-8H2,1-2H3,(H,18,19). The van der Waals surface area contributed by atoms with Crippen molar-refractivity contribution in [2.45, 2.75) is 39.5 Å². The summed E-state index contributed by atoms with van der Waals surface area (Å²) >= 11 is 17.4. The van der Waals surface area contributed by atoms with E-state index in [-0.39, 0.29) is 0 Å². The largest absolute Gasteiger partial charge is 0.350 e. The van der Waals surface area contributed by atoms with Gasteiger partial charge in [-0.3, -0.25) is 0 Å². The second-order valence-corrected chi connectivity index (χ2v) is 7.31. The molecule has 1 fully saturated rings. The lowest BCUT2D eigenvalue weighted by Crippen LogP contribution is -2.28. The van der Waals surface area contributed by atoms with E-state index in [2.05, 4.69) is 19.2 Å². The summed E-state index contributed by atoms with van der Waals surface area (Å²) in [5.74, 6) is 0.484. The lowest BCUT2D eigenvalue weighted by molar-refractivity contribution is 0.222. The van der Waals surface area contributed by atoms with Crippen LogP contribution in [-0.2, 0) is 0 Å². The van der Waals surface area contributed by atoms with E-state index in [1.807, 2.05) is 12.1 Å². The van der Waals surface area contributed by atoms with Crippen molar-refractivity contribution >= 4 is 46.1 Å². The van der Waals surface area contributed by atoms with Gasteiger partial charge in [0.1, 0.15) is 0 Å². The molecule has 0 amide bonds. The van der Waals surface area contributed by atoms with Gasteiger partial charge in [0.05, 0.1) is 15.0 Å². The third-order valence-corrected chi connectivity index (χ3v) is 5.07. The van der Waals surface area contributed by atoms with Crippen LogP contribution in [0, 0.1) is 11.3 Å². The zero-order chi connectivity index (χ0) is 14.0. The maximum atomic E-state index is 6.01. The molecule has 0 aromatic heterocycles. The van der Waals surface area contributed by atoms with Crippen LogP contribution >= 0.6 is 35.4 Å². The van der Waals surface area contributed by atoms with E-state index in [4.69, 9.17) is 35.4 Å². The van der Waals surface area contributed by atoms with Crippen LogP contribution in [0.4, 0.5) is 5.69 Å². The molecule has 19 heavy (non-hydrogen) atoms. The highest BCUT2D eigenvalue weighted by Crippen LogP contribution is 2.38. The molecule has 0 spiro atoms. The first-order chi connectivity index (χ1) is 8.87. The number of hydrogen-bond donors (Lipinski definition) is 1. The van der Waals surface area contributed by atoms with Crippen molar-refractivity contribution < 1.29 is 0 Å². The Morgan fingerprint density at radius 1 is 1.21 bits per heavy atom. The number of anilines is 1. The van der Waals surface area contributed by atoms with Crippen LogP contribution in [-0.4, -0.2) is 4.99 Å². The maximum Gasteiger partial charge on any atom is 0.0828 e. The average Bonchev–Trinajstić information content (AvgIpc) is 2.33. The summed E-state index contributed by atoms with van der Waals surface area (Å²) in [5, 5.41) is 4.42. The van der Waals surface area contributed by atoms with Crippen molar-refractivity contribution in [1.29, 1.82) is 0 Å². The fraction of sp³-hybridized carbons (Fsp3) is 0.533. The fourth-order valence-corrected chi connectivity index (χ4v) is 3.13. The van der Waals surface area contributed by atoms with Gasteiger partial charge < -0.3 is 5.32 Å². The zero-order valence-electron chi connectivity index (χ0n) is 11.3. The van der Waals surface area contributed by atoms with Crippen molar-refractivity contribution in [2.75, 3.05) is 5.32 Å². The predicted molar refractivity (Wildman–Crippen MR) is 88.4 cm³/mol. The maximum absolute atomic E-state index is 6.01. The first-order valence-corrected chi connectivity index (χ1v) is 7.80. The van der Waals surface area contributed by atoms with E-state index in [1.54, 1.807) is 6.07 Å². The number of benzene rings is 1. The topological polar surface area (TPSA) is 12.0 Å². The van der Waals surface area contributed by atoms with Crippen LogP contribution in [0.1, 0.15) is 39.5 Å². The minimum atomic E-state index is 0.468. The molecule has 0 bridgehead atoms. The molecule has 4 heteroatoms. The van der Waals surface area contributed by atoms with E-state index >= 15 is 0 Å². The van der Waals surface area contributed by atoms with Crippen molar-refractivity contribution in [3.8, 4) is 0 Å². The number of nitrogens with one attached hydrogen (secondary N) is 1. The molecule has 1 nitrogen and oxygen atoms in total. The number of hydrogen-bond acceptors (Lipinski definition) is 1. The van der Waals surface area contributed by atoms with Crippen LogP contribution in [0.5, 0.6) is 0 Å². The molecule has 104 valence electrons. The molecule has 0 atom stereocenters. The van der Waals surface area contributed by atoms with Crippen molar-refractivity contribution in [3.05, 3.63) is 28.2 Å². The van der Waals surface area contributed by atoms with Gasteiger partial charge in [0.25, 0.3) is 0 Å². The molecular weight excluding hydrogens is 297 g/mol. The van der Waals surface area contributed by atoms with E-state index in [9.17, 15) is 0 Å². The summed E-state index contributed by atoms with van der Waals surface area (Å²) < 4.78 is 0. The molecule has 1 aliphatic carbocycles. The molecule has 0 aliphatic heterocycles. The van der Waals surface area contributed by atoms with Crippen molar-refractivity contribution in [1.82, 2.24) is 0 Å². The van der Waals surface area contributed by atoms with Gasteiger partial charge in [0.15, 0.2) is 0 Å². The van der Waals surface area contributed by atoms with E-state index in [0.717, 1.165) is 10.7 Å². The molecule has 0 unspecified atom stereocenters. The average molecular weight is 316 g/mol. The van der Waals surface area contributed by atoms with Crippen molar-refractivity contribution in [2.24, 2.45) is 11.3 Å². The monoisotopic (exact) mass is 315 g/mol. The third-order valence-electron chi connectivity index (χ3n) is 3.90. The normalized spacial score (nSPS) is 19.2. The van der Waals surface area contributed by atoms with Crippen LogP contribution in [0.25, 0.3) is 0 Å². The van der Waals surface area contributed by atoms with Gasteiger partial charge in [-0.05, 0) is 49.3 Å². The minimum absolute atomic E-state index is 0.468. The van der Waals surface area contributed by atoms with Gasteiger partial charge >= 0.3 is 0 Å². The minimum Gasteiger partial charge on any atom is -0.350 e. The number of thiocarbonyl (C=S) groups is 1. The smallest absolute Gasteiger partial charge is 0.0828 e. The SMILES string of the molecule is CC1(C)CCC(C(=S)Nc2ccc(Cl)c(Cl)c2)CC1. The lowest BCUT2D eigenvalue weighted by Gasteiger charge is -2.34. The zero-order valence-corrected chi connectivity index (χ0v) is 13.6. The molecule has 1 N–H and O–H groups in total. The van der Waals surface area contributed by atoms with Gasteiger partial charge in [-0.15, -0.1) is 0 Å². The Labute approximate surface area is 130 Å². The van der Waals surface area contributed by atoms with E-state index in [1.165, 1.54) is 25.7 Å². The Morgan fingerprint density at radius 2 is 1.84 bits per heavy atom. The van der Waals surface area contributed by atoms with Gasteiger partial charge in [-0.1, -0.05) is 49.3 Å². The summed E-state index contributed by atoms with van der Waals surface area (Å²) in [7, 11) is 0. The van der Waals surface area contributed by atoms with Gasteiger partial charge in [-0.2, -0.15) is 0 Å². The third kappa shape index (κ3) is 4.08. The lowest BCUT2D eigenvalue weighted by atomic mass is 9.73. The second kappa shape index (κ2) is 5.99. The van der Waals surface area contributed by atoms with Crippen LogP contribution in [0.2, 0.25) is 10.0 Å². The molecule has 0 saturated heterocycles. The summed E-state index contributed by atoms with van der Waals surface area (Å²) in [4.78, 5) is 0.925. The molecule has 1 saturated carbocycles. The van der Waals surface area contributed by atoms with Crippen LogP contribution in [0.3, 0.4) is 0 Å². The number of halogens is 2. The Hall–Kier alpha value is -0.310. The highest BCUT2D eigenvalue weighted by Gasteiger charge is 2.28. The van der Waals surface area contributed by atoms with Crippen LogP contribution in [0.15, 0.2) is 18.2 Å². The first kappa shape index (κ1) is 15.1.